The Labute approximate surface area is 149 Å². The van der Waals surface area contributed by atoms with Crippen LogP contribution in [0.5, 0.6) is 0 Å². The summed E-state index contributed by atoms with van der Waals surface area (Å²) in [7, 11) is 1.59. The highest BCUT2D eigenvalue weighted by Crippen LogP contribution is 2.14. The third kappa shape index (κ3) is 5.31. The summed E-state index contributed by atoms with van der Waals surface area (Å²) in [5, 5.41) is 5.53. The van der Waals surface area contributed by atoms with Crippen molar-refractivity contribution in [3.8, 4) is 0 Å². The summed E-state index contributed by atoms with van der Waals surface area (Å²) in [6, 6.07) is 15.3. The van der Waals surface area contributed by atoms with Crippen LogP contribution >= 0.6 is 0 Å². The van der Waals surface area contributed by atoms with Crippen LogP contribution in [-0.2, 0) is 11.2 Å². The zero-order valence-electron chi connectivity index (χ0n) is 14.9. The summed E-state index contributed by atoms with van der Waals surface area (Å²) in [4.78, 5) is 23.6. The number of nitrogens with one attached hydrogen (secondary N) is 2. The predicted molar refractivity (Wildman–Crippen MR) is 101 cm³/mol. The predicted octanol–water partition coefficient (Wildman–Crippen LogP) is 3.50. The van der Waals surface area contributed by atoms with E-state index in [4.69, 9.17) is 0 Å². The zero-order valence-corrected chi connectivity index (χ0v) is 14.9. The minimum atomic E-state index is -0.151. The third-order valence-electron chi connectivity index (χ3n) is 4.07. The van der Waals surface area contributed by atoms with E-state index in [1.165, 1.54) is 11.6 Å². The van der Waals surface area contributed by atoms with E-state index in [0.717, 1.165) is 17.5 Å². The van der Waals surface area contributed by atoms with Crippen molar-refractivity contribution >= 4 is 17.9 Å². The largest absolute Gasteiger partial charge is 0.355 e. The Morgan fingerprint density at radius 1 is 1.04 bits per heavy atom. The molecule has 2 aromatic rings. The number of amides is 2. The van der Waals surface area contributed by atoms with Crippen molar-refractivity contribution in [1.82, 2.24) is 10.6 Å². The molecule has 2 amide bonds. The van der Waals surface area contributed by atoms with E-state index in [1.54, 1.807) is 37.4 Å². The topological polar surface area (TPSA) is 58.2 Å². The minimum Gasteiger partial charge on any atom is -0.355 e. The van der Waals surface area contributed by atoms with Crippen LogP contribution in [0.4, 0.5) is 0 Å². The molecule has 0 aliphatic heterocycles. The molecule has 2 N–H and O–H groups in total. The van der Waals surface area contributed by atoms with Gasteiger partial charge in [0.05, 0.1) is 6.04 Å². The van der Waals surface area contributed by atoms with Gasteiger partial charge in [-0.1, -0.05) is 43.3 Å². The first-order valence-electron chi connectivity index (χ1n) is 8.43. The van der Waals surface area contributed by atoms with Gasteiger partial charge in [0.25, 0.3) is 5.91 Å². The molecule has 0 radical (unpaired) electrons. The minimum absolute atomic E-state index is 0.0568. The zero-order chi connectivity index (χ0) is 18.2. The molecule has 0 saturated carbocycles. The summed E-state index contributed by atoms with van der Waals surface area (Å²) in [6.07, 6.45) is 4.24. The third-order valence-corrected chi connectivity index (χ3v) is 4.07. The lowest BCUT2D eigenvalue weighted by molar-refractivity contribution is -0.117. The van der Waals surface area contributed by atoms with Crippen LogP contribution in [0.2, 0.25) is 0 Å². The van der Waals surface area contributed by atoms with Crippen LogP contribution in [-0.4, -0.2) is 18.9 Å². The van der Waals surface area contributed by atoms with Gasteiger partial charge in [-0.2, -0.15) is 0 Å². The molecule has 4 nitrogen and oxygen atoms in total. The van der Waals surface area contributed by atoms with Gasteiger partial charge in [-0.05, 0) is 48.2 Å². The number of aryl methyl sites for hydroxylation is 1. The van der Waals surface area contributed by atoms with Crippen molar-refractivity contribution in [2.75, 3.05) is 7.05 Å². The fourth-order valence-corrected chi connectivity index (χ4v) is 2.45. The van der Waals surface area contributed by atoms with Gasteiger partial charge in [-0.25, -0.2) is 0 Å². The molecule has 0 bridgehead atoms. The summed E-state index contributed by atoms with van der Waals surface area (Å²) < 4.78 is 0. The quantitative estimate of drug-likeness (QED) is 0.793. The molecule has 2 aromatic carbocycles. The molecule has 0 aliphatic carbocycles. The molecule has 1 atom stereocenters. The molecule has 0 aliphatic rings. The highest BCUT2D eigenvalue weighted by atomic mass is 16.2. The van der Waals surface area contributed by atoms with Crippen molar-refractivity contribution in [3.05, 3.63) is 76.9 Å². The molecule has 0 aromatic heterocycles. The van der Waals surface area contributed by atoms with E-state index >= 15 is 0 Å². The van der Waals surface area contributed by atoms with Gasteiger partial charge in [-0.15, -0.1) is 0 Å². The fourth-order valence-electron chi connectivity index (χ4n) is 2.45. The van der Waals surface area contributed by atoms with Gasteiger partial charge in [0.1, 0.15) is 0 Å². The van der Waals surface area contributed by atoms with E-state index in [1.807, 2.05) is 19.1 Å². The lowest BCUT2D eigenvalue weighted by Gasteiger charge is -2.13. The lowest BCUT2D eigenvalue weighted by Crippen LogP contribution is -2.24. The number of rotatable bonds is 6. The Hall–Kier alpha value is -2.88. The van der Waals surface area contributed by atoms with E-state index in [9.17, 15) is 9.59 Å². The monoisotopic (exact) mass is 336 g/mol. The van der Waals surface area contributed by atoms with E-state index < -0.39 is 0 Å². The first-order valence-corrected chi connectivity index (χ1v) is 8.43. The maximum atomic E-state index is 12.1. The van der Waals surface area contributed by atoms with Crippen LogP contribution in [0.25, 0.3) is 6.08 Å². The number of hydrogen-bond donors (Lipinski definition) is 2. The molecule has 0 heterocycles. The van der Waals surface area contributed by atoms with E-state index in [0.29, 0.717) is 5.56 Å². The molecular weight excluding hydrogens is 312 g/mol. The summed E-state index contributed by atoms with van der Waals surface area (Å²) in [5.74, 6) is -0.279. The maximum absolute atomic E-state index is 12.1. The van der Waals surface area contributed by atoms with Gasteiger partial charge in [0.2, 0.25) is 5.91 Å². The molecule has 130 valence electrons. The molecule has 0 spiro atoms. The Bertz CT molecular complexity index is 746. The van der Waals surface area contributed by atoms with Gasteiger partial charge >= 0.3 is 0 Å². The normalized spacial score (nSPS) is 12.0. The molecule has 1 unspecified atom stereocenters. The van der Waals surface area contributed by atoms with Crippen molar-refractivity contribution < 1.29 is 9.59 Å². The van der Waals surface area contributed by atoms with E-state index in [2.05, 4.69) is 29.7 Å². The average molecular weight is 336 g/mol. The Morgan fingerprint density at radius 2 is 1.68 bits per heavy atom. The first kappa shape index (κ1) is 18.5. The first-order chi connectivity index (χ1) is 12.0. The standard InChI is InChI=1S/C21H24N2O2/c1-4-16-5-10-18(11-6-16)15(2)23-20(24)14-9-17-7-12-19(13-8-17)21(25)22-3/h5-15H,4H2,1-3H3,(H,22,25)(H,23,24)/b14-9+. The van der Waals surface area contributed by atoms with Gasteiger partial charge in [-0.3, -0.25) is 9.59 Å². The van der Waals surface area contributed by atoms with Crippen LogP contribution in [0, 0.1) is 0 Å². The molecule has 0 fully saturated rings. The Balaban J connectivity index is 1.94. The van der Waals surface area contributed by atoms with E-state index in [-0.39, 0.29) is 17.9 Å². The molecule has 4 heteroatoms. The van der Waals surface area contributed by atoms with Crippen LogP contribution < -0.4 is 10.6 Å². The lowest BCUT2D eigenvalue weighted by atomic mass is 10.0. The highest BCUT2D eigenvalue weighted by molar-refractivity contribution is 5.94. The van der Waals surface area contributed by atoms with Crippen molar-refractivity contribution in [2.45, 2.75) is 26.3 Å². The smallest absolute Gasteiger partial charge is 0.251 e. The SMILES string of the molecule is CCc1ccc(C(C)NC(=O)/C=C/c2ccc(C(=O)NC)cc2)cc1. The number of carbonyl (C=O) groups excluding carboxylic acids is 2. The average Bonchev–Trinajstić information content (AvgIpc) is 2.66. The van der Waals surface area contributed by atoms with Crippen LogP contribution in [0.3, 0.4) is 0 Å². The van der Waals surface area contributed by atoms with Crippen molar-refractivity contribution in [3.63, 3.8) is 0 Å². The Morgan fingerprint density at radius 3 is 2.24 bits per heavy atom. The van der Waals surface area contributed by atoms with Crippen LogP contribution in [0.15, 0.2) is 54.6 Å². The van der Waals surface area contributed by atoms with Crippen LogP contribution in [0.1, 0.15) is 46.9 Å². The second-order valence-corrected chi connectivity index (χ2v) is 5.86. The van der Waals surface area contributed by atoms with Crippen molar-refractivity contribution in [2.24, 2.45) is 0 Å². The summed E-state index contributed by atoms with van der Waals surface area (Å²) in [6.45, 7) is 4.08. The second kappa shape index (κ2) is 8.83. The molecular formula is C21H24N2O2. The van der Waals surface area contributed by atoms with Crippen molar-refractivity contribution in [1.29, 1.82) is 0 Å². The molecule has 25 heavy (non-hydrogen) atoms. The van der Waals surface area contributed by atoms with Gasteiger partial charge in [0.15, 0.2) is 0 Å². The number of benzene rings is 2. The number of hydrogen-bond acceptors (Lipinski definition) is 2. The second-order valence-electron chi connectivity index (χ2n) is 5.86. The highest BCUT2D eigenvalue weighted by Gasteiger charge is 2.07. The maximum Gasteiger partial charge on any atom is 0.251 e. The number of carbonyl (C=O) groups is 2. The molecule has 2 rings (SSSR count). The summed E-state index contributed by atoms with van der Waals surface area (Å²) >= 11 is 0. The van der Waals surface area contributed by atoms with Gasteiger partial charge < -0.3 is 10.6 Å². The summed E-state index contributed by atoms with van der Waals surface area (Å²) in [5.41, 5.74) is 3.81. The Kier molecular flexibility index (Phi) is 6.52. The van der Waals surface area contributed by atoms with Gasteiger partial charge in [0, 0.05) is 18.7 Å². The fraction of sp³-hybridized carbons (Fsp3) is 0.238. The molecule has 0 saturated heterocycles.